The predicted octanol–water partition coefficient (Wildman–Crippen LogP) is 2.50. The molecule has 0 spiro atoms. The molecule has 0 aliphatic carbocycles. The molecule has 1 atom stereocenters. The minimum Gasteiger partial charge on any atom is -0.449 e. The molecule has 1 amide bonds. The molecule has 2 aromatic rings. The lowest BCUT2D eigenvalue weighted by Crippen LogP contribution is -2.30. The normalized spacial score (nSPS) is 11.4. The maximum absolute atomic E-state index is 13.0. The van der Waals surface area contributed by atoms with Gasteiger partial charge in [-0.3, -0.25) is 14.9 Å². The molecule has 0 saturated heterocycles. The van der Waals surface area contributed by atoms with Crippen molar-refractivity contribution in [3.63, 3.8) is 0 Å². The quantitative estimate of drug-likeness (QED) is 0.370. The van der Waals surface area contributed by atoms with Gasteiger partial charge in [-0.15, -0.1) is 0 Å². The second-order valence-electron chi connectivity index (χ2n) is 5.04. The number of nitrogens with one attached hydrogen (secondary N) is 1. The Bertz CT molecular complexity index is 840. The molecule has 0 radical (unpaired) electrons. The Labute approximate surface area is 141 Å². The minimum atomic E-state index is -1.25. The lowest BCUT2D eigenvalue weighted by atomic mass is 10.2. The van der Waals surface area contributed by atoms with Gasteiger partial charge in [0.15, 0.2) is 6.10 Å². The molecule has 9 heteroatoms. The molecule has 3 N–H and O–H groups in total. The molecule has 0 heterocycles. The molecule has 8 nitrogen and oxygen atoms in total. The molecule has 0 fully saturated rings. The van der Waals surface area contributed by atoms with Crippen molar-refractivity contribution in [2.45, 2.75) is 13.0 Å². The van der Waals surface area contributed by atoms with E-state index in [0.29, 0.717) is 0 Å². The van der Waals surface area contributed by atoms with Crippen LogP contribution in [0.25, 0.3) is 0 Å². The fourth-order valence-corrected chi connectivity index (χ4v) is 1.97. The number of esters is 1. The topological polar surface area (TPSA) is 125 Å². The van der Waals surface area contributed by atoms with E-state index in [9.17, 15) is 24.1 Å². The highest BCUT2D eigenvalue weighted by molar-refractivity contribution is 6.00. The van der Waals surface area contributed by atoms with Crippen molar-refractivity contribution >= 4 is 28.9 Å². The Morgan fingerprint density at radius 2 is 1.96 bits per heavy atom. The van der Waals surface area contributed by atoms with Crippen molar-refractivity contribution in [2.75, 3.05) is 11.1 Å². The first-order valence-corrected chi connectivity index (χ1v) is 7.10. The highest BCUT2D eigenvalue weighted by atomic mass is 19.1. The van der Waals surface area contributed by atoms with Gasteiger partial charge < -0.3 is 15.8 Å². The Hall–Kier alpha value is -3.49. The van der Waals surface area contributed by atoms with Crippen LogP contribution in [0.3, 0.4) is 0 Å². The number of hydrogen-bond acceptors (Lipinski definition) is 6. The minimum absolute atomic E-state index is 0.0262. The summed E-state index contributed by atoms with van der Waals surface area (Å²) in [6.45, 7) is 1.29. The van der Waals surface area contributed by atoms with Gasteiger partial charge in [-0.2, -0.15) is 0 Å². The summed E-state index contributed by atoms with van der Waals surface area (Å²) in [6, 6.07) is 8.67. The number of rotatable bonds is 5. The van der Waals surface area contributed by atoms with Crippen LogP contribution in [0.15, 0.2) is 42.5 Å². The number of carbonyl (C=O) groups excluding carboxylic acids is 2. The Morgan fingerprint density at radius 3 is 2.60 bits per heavy atom. The zero-order valence-electron chi connectivity index (χ0n) is 13.1. The summed E-state index contributed by atoms with van der Waals surface area (Å²) in [6.07, 6.45) is -1.25. The van der Waals surface area contributed by atoms with Crippen LogP contribution >= 0.6 is 0 Å². The van der Waals surface area contributed by atoms with Crippen LogP contribution in [0.5, 0.6) is 0 Å². The number of amides is 1. The number of benzene rings is 2. The first-order valence-electron chi connectivity index (χ1n) is 7.10. The molecule has 0 aromatic heterocycles. The van der Waals surface area contributed by atoms with Gasteiger partial charge in [-0.25, -0.2) is 9.18 Å². The molecule has 2 aromatic carbocycles. The second kappa shape index (κ2) is 7.39. The van der Waals surface area contributed by atoms with Crippen molar-refractivity contribution < 1.29 is 23.6 Å². The molecular weight excluding hydrogens is 333 g/mol. The van der Waals surface area contributed by atoms with Gasteiger partial charge in [-0.1, -0.05) is 12.1 Å². The van der Waals surface area contributed by atoms with Crippen molar-refractivity contribution in [2.24, 2.45) is 0 Å². The van der Waals surface area contributed by atoms with E-state index in [1.807, 2.05) is 0 Å². The fourth-order valence-electron chi connectivity index (χ4n) is 1.97. The number of anilines is 2. The maximum Gasteiger partial charge on any atom is 0.341 e. The van der Waals surface area contributed by atoms with Crippen LogP contribution in [-0.2, 0) is 9.53 Å². The number of nitro benzene ring substituents is 1. The number of nitrogens with two attached hydrogens (primary N) is 1. The van der Waals surface area contributed by atoms with Crippen molar-refractivity contribution in [1.82, 2.24) is 0 Å². The monoisotopic (exact) mass is 347 g/mol. The lowest BCUT2D eigenvalue weighted by Gasteiger charge is -2.14. The van der Waals surface area contributed by atoms with Crippen molar-refractivity contribution in [1.29, 1.82) is 0 Å². The molecule has 0 aliphatic rings. The van der Waals surface area contributed by atoms with Crippen LogP contribution in [0.2, 0.25) is 0 Å². The number of hydrogen-bond donors (Lipinski definition) is 2. The predicted molar refractivity (Wildman–Crippen MR) is 87.4 cm³/mol. The SMILES string of the molecule is C[C@H](OC(=O)c1ccc(F)cc1N)C(=O)Nc1ccccc1[N+](=O)[O-]. The van der Waals surface area contributed by atoms with E-state index in [1.54, 1.807) is 0 Å². The number of para-hydroxylation sites is 2. The first kappa shape index (κ1) is 17.9. The summed E-state index contributed by atoms with van der Waals surface area (Å²) in [7, 11) is 0. The summed E-state index contributed by atoms with van der Waals surface area (Å²) >= 11 is 0. The van der Waals surface area contributed by atoms with Gasteiger partial charge in [0, 0.05) is 11.8 Å². The van der Waals surface area contributed by atoms with Gasteiger partial charge in [0.2, 0.25) is 0 Å². The first-order chi connectivity index (χ1) is 11.8. The van der Waals surface area contributed by atoms with E-state index in [1.165, 1.54) is 31.2 Å². The lowest BCUT2D eigenvalue weighted by molar-refractivity contribution is -0.383. The summed E-state index contributed by atoms with van der Waals surface area (Å²) < 4.78 is 18.0. The third kappa shape index (κ3) is 4.28. The van der Waals surface area contributed by atoms with Crippen LogP contribution in [-0.4, -0.2) is 22.9 Å². The highest BCUT2D eigenvalue weighted by Crippen LogP contribution is 2.23. The van der Waals surface area contributed by atoms with E-state index < -0.39 is 28.7 Å². The third-order valence-corrected chi connectivity index (χ3v) is 3.25. The molecule has 0 aliphatic heterocycles. The van der Waals surface area contributed by atoms with Gasteiger partial charge in [0.25, 0.3) is 11.6 Å². The van der Waals surface area contributed by atoms with Crippen LogP contribution in [0.4, 0.5) is 21.5 Å². The van der Waals surface area contributed by atoms with E-state index in [-0.39, 0.29) is 22.6 Å². The number of halogens is 1. The van der Waals surface area contributed by atoms with E-state index >= 15 is 0 Å². The average molecular weight is 347 g/mol. The average Bonchev–Trinajstić information content (AvgIpc) is 2.54. The Balaban J connectivity index is 2.08. The van der Waals surface area contributed by atoms with E-state index in [2.05, 4.69) is 5.32 Å². The van der Waals surface area contributed by atoms with Gasteiger partial charge in [0.1, 0.15) is 11.5 Å². The van der Waals surface area contributed by atoms with Crippen LogP contribution < -0.4 is 11.1 Å². The standard InChI is InChI=1S/C16H14FN3O5/c1-9(25-16(22)11-7-6-10(17)8-12(11)18)15(21)19-13-4-2-3-5-14(13)20(23)24/h2-9H,18H2,1H3,(H,19,21)/t9-/m0/s1. The summed E-state index contributed by atoms with van der Waals surface area (Å²) in [5.41, 5.74) is 4.99. The maximum atomic E-state index is 13.0. The molecule has 25 heavy (non-hydrogen) atoms. The molecule has 0 saturated carbocycles. The van der Waals surface area contributed by atoms with E-state index in [0.717, 1.165) is 18.2 Å². The molecule has 130 valence electrons. The second-order valence-corrected chi connectivity index (χ2v) is 5.04. The summed E-state index contributed by atoms with van der Waals surface area (Å²) in [4.78, 5) is 34.4. The van der Waals surface area contributed by atoms with Gasteiger partial charge in [0.05, 0.1) is 10.5 Å². The van der Waals surface area contributed by atoms with Crippen molar-refractivity contribution in [3.05, 3.63) is 64.0 Å². The third-order valence-electron chi connectivity index (χ3n) is 3.25. The largest absolute Gasteiger partial charge is 0.449 e. The van der Waals surface area contributed by atoms with Gasteiger partial charge >= 0.3 is 5.97 Å². The molecular formula is C16H14FN3O5. The van der Waals surface area contributed by atoms with Crippen molar-refractivity contribution in [3.8, 4) is 0 Å². The number of ether oxygens (including phenoxy) is 1. The zero-order valence-corrected chi connectivity index (χ0v) is 13.1. The fraction of sp³-hybridized carbons (Fsp3) is 0.125. The number of nitrogens with zero attached hydrogens (tertiary/aromatic N) is 1. The zero-order chi connectivity index (χ0) is 18.6. The number of nitrogen functional groups attached to an aromatic ring is 1. The Morgan fingerprint density at radius 1 is 1.28 bits per heavy atom. The summed E-state index contributed by atoms with van der Waals surface area (Å²) in [5, 5.41) is 13.2. The molecule has 0 bridgehead atoms. The highest BCUT2D eigenvalue weighted by Gasteiger charge is 2.23. The smallest absolute Gasteiger partial charge is 0.341 e. The molecule has 2 rings (SSSR count). The van der Waals surface area contributed by atoms with Crippen LogP contribution in [0, 0.1) is 15.9 Å². The Kier molecular flexibility index (Phi) is 5.28. The van der Waals surface area contributed by atoms with Crippen LogP contribution in [0.1, 0.15) is 17.3 Å². The van der Waals surface area contributed by atoms with E-state index in [4.69, 9.17) is 10.5 Å². The molecule has 0 unspecified atom stereocenters. The van der Waals surface area contributed by atoms with Gasteiger partial charge in [-0.05, 0) is 31.2 Å². The summed E-state index contributed by atoms with van der Waals surface area (Å²) in [5.74, 6) is -2.29. The number of carbonyl (C=O) groups is 2. The number of nitro groups is 1.